The Kier molecular flexibility index (Phi) is 3.39. The molecule has 1 unspecified atom stereocenters. The molecule has 1 heterocycles. The van der Waals surface area contributed by atoms with Crippen LogP contribution >= 0.6 is 11.8 Å². The average Bonchev–Trinajstić information content (AvgIpc) is 2.89. The maximum absolute atomic E-state index is 2.33. The van der Waals surface area contributed by atoms with E-state index < -0.39 is 0 Å². The zero-order chi connectivity index (χ0) is 14.9. The van der Waals surface area contributed by atoms with Gasteiger partial charge >= 0.3 is 0 Å². The summed E-state index contributed by atoms with van der Waals surface area (Å²) >= 11 is 1.91. The highest BCUT2D eigenvalue weighted by atomic mass is 32.2. The van der Waals surface area contributed by atoms with E-state index in [9.17, 15) is 0 Å². The summed E-state index contributed by atoms with van der Waals surface area (Å²) < 4.78 is 0. The van der Waals surface area contributed by atoms with Crippen molar-refractivity contribution in [1.82, 2.24) is 0 Å². The number of nitrogens with zero attached hydrogens (tertiary/aromatic N) is 1. The van der Waals surface area contributed by atoms with Crippen LogP contribution in [0, 0.1) is 0 Å². The Morgan fingerprint density at radius 3 is 2.59 bits per heavy atom. The van der Waals surface area contributed by atoms with Crippen molar-refractivity contribution in [3.05, 3.63) is 78.4 Å². The first-order valence-electron chi connectivity index (χ1n) is 7.47. The van der Waals surface area contributed by atoms with E-state index in [-0.39, 0.29) is 0 Å². The molecule has 0 saturated heterocycles. The van der Waals surface area contributed by atoms with Crippen LogP contribution in [0.25, 0.3) is 16.8 Å². The quantitative estimate of drug-likeness (QED) is 0.622. The van der Waals surface area contributed by atoms with E-state index in [1.165, 1.54) is 26.9 Å². The van der Waals surface area contributed by atoms with E-state index >= 15 is 0 Å². The maximum Gasteiger partial charge on any atom is 0.0983 e. The van der Waals surface area contributed by atoms with Crippen LogP contribution in [0.5, 0.6) is 0 Å². The highest BCUT2D eigenvalue weighted by molar-refractivity contribution is 8.00. The van der Waals surface area contributed by atoms with Gasteiger partial charge < -0.3 is 4.90 Å². The molecule has 0 N–H and O–H groups in total. The van der Waals surface area contributed by atoms with Crippen molar-refractivity contribution in [1.29, 1.82) is 0 Å². The van der Waals surface area contributed by atoms with Crippen LogP contribution in [0.3, 0.4) is 0 Å². The summed E-state index contributed by atoms with van der Waals surface area (Å²) in [6, 6.07) is 23.6. The summed E-state index contributed by atoms with van der Waals surface area (Å²) in [5.74, 6) is 0. The third-order valence-electron chi connectivity index (χ3n) is 4.14. The molecule has 0 amide bonds. The van der Waals surface area contributed by atoms with Crippen molar-refractivity contribution in [3.8, 4) is 0 Å². The first kappa shape index (κ1) is 13.5. The van der Waals surface area contributed by atoms with Gasteiger partial charge in [-0.1, -0.05) is 78.5 Å². The minimum absolute atomic E-state index is 0.358. The maximum atomic E-state index is 2.33. The highest BCUT2D eigenvalue weighted by Gasteiger charge is 2.24. The molecule has 1 aliphatic rings. The Morgan fingerprint density at radius 2 is 1.68 bits per heavy atom. The van der Waals surface area contributed by atoms with Crippen LogP contribution in [0.4, 0.5) is 5.69 Å². The Morgan fingerprint density at radius 1 is 0.909 bits per heavy atom. The number of anilines is 1. The summed E-state index contributed by atoms with van der Waals surface area (Å²) in [5.41, 5.74) is 2.60. The van der Waals surface area contributed by atoms with Gasteiger partial charge in [-0.3, -0.25) is 0 Å². The van der Waals surface area contributed by atoms with Gasteiger partial charge in [0.15, 0.2) is 0 Å². The zero-order valence-corrected chi connectivity index (χ0v) is 13.3. The smallest absolute Gasteiger partial charge is 0.0983 e. The lowest BCUT2D eigenvalue weighted by Crippen LogP contribution is -2.21. The molecule has 0 aliphatic carbocycles. The Hall–Kier alpha value is -2.19. The van der Waals surface area contributed by atoms with Crippen molar-refractivity contribution in [2.24, 2.45) is 0 Å². The van der Waals surface area contributed by atoms with Gasteiger partial charge in [0.05, 0.1) is 11.1 Å². The summed E-state index contributed by atoms with van der Waals surface area (Å²) in [6.07, 6.45) is 4.55. The van der Waals surface area contributed by atoms with Gasteiger partial charge in [-0.15, -0.1) is 0 Å². The van der Waals surface area contributed by atoms with Gasteiger partial charge in [0, 0.05) is 11.9 Å². The van der Waals surface area contributed by atoms with E-state index in [0.29, 0.717) is 5.37 Å². The number of hydrogen-bond acceptors (Lipinski definition) is 2. The number of likely N-dealkylation sites (N-methyl/N-ethyl adjacent to an activating group) is 1. The molecule has 2 heteroatoms. The third-order valence-corrected chi connectivity index (χ3v) is 5.45. The molecule has 0 fully saturated rings. The SMILES string of the molecule is CN1c2ccccc2SC1C=Cc1cccc2ccccc12. The minimum Gasteiger partial charge on any atom is -0.358 e. The standard InChI is InChI=1S/C20H17NS/c1-21-18-11-4-5-12-19(18)22-20(21)14-13-16-9-6-8-15-7-2-3-10-17(15)16/h2-14,20H,1H3. The number of rotatable bonds is 2. The number of fused-ring (bicyclic) bond motifs is 2. The molecule has 4 rings (SSSR count). The minimum atomic E-state index is 0.358. The largest absolute Gasteiger partial charge is 0.358 e. The molecule has 0 bridgehead atoms. The van der Waals surface area contributed by atoms with Crippen molar-refractivity contribution in [3.63, 3.8) is 0 Å². The predicted octanol–water partition coefficient (Wildman–Crippen LogP) is 5.42. The molecule has 0 spiro atoms. The van der Waals surface area contributed by atoms with Crippen molar-refractivity contribution < 1.29 is 0 Å². The van der Waals surface area contributed by atoms with E-state index in [2.05, 4.69) is 90.8 Å². The molecule has 3 aromatic rings. The van der Waals surface area contributed by atoms with Crippen molar-refractivity contribution in [2.75, 3.05) is 11.9 Å². The molecular formula is C20H17NS. The highest BCUT2D eigenvalue weighted by Crippen LogP contribution is 2.42. The second-order valence-electron chi connectivity index (χ2n) is 5.51. The van der Waals surface area contributed by atoms with Gasteiger partial charge in [0.1, 0.15) is 0 Å². The lowest BCUT2D eigenvalue weighted by molar-refractivity contribution is 0.993. The van der Waals surface area contributed by atoms with Crippen molar-refractivity contribution in [2.45, 2.75) is 10.3 Å². The second-order valence-corrected chi connectivity index (χ2v) is 6.67. The lowest BCUT2D eigenvalue weighted by atomic mass is 10.0. The fourth-order valence-corrected chi connectivity index (χ4v) is 4.12. The zero-order valence-electron chi connectivity index (χ0n) is 12.4. The number of hydrogen-bond donors (Lipinski definition) is 0. The normalized spacial score (nSPS) is 17.3. The molecule has 108 valence electrons. The van der Waals surface area contributed by atoms with E-state index in [1.54, 1.807) is 0 Å². The molecule has 1 atom stereocenters. The van der Waals surface area contributed by atoms with Gasteiger partial charge in [0.25, 0.3) is 0 Å². The van der Waals surface area contributed by atoms with Crippen LogP contribution in [-0.4, -0.2) is 12.4 Å². The van der Waals surface area contributed by atoms with E-state index in [0.717, 1.165) is 0 Å². The summed E-state index contributed by atoms with van der Waals surface area (Å²) in [4.78, 5) is 3.69. The van der Waals surface area contributed by atoms with E-state index in [1.807, 2.05) is 11.8 Å². The first-order valence-corrected chi connectivity index (χ1v) is 8.35. The number of benzene rings is 3. The van der Waals surface area contributed by atoms with Crippen LogP contribution in [0.1, 0.15) is 5.56 Å². The van der Waals surface area contributed by atoms with Gasteiger partial charge in [-0.2, -0.15) is 0 Å². The number of para-hydroxylation sites is 1. The van der Waals surface area contributed by atoms with E-state index in [4.69, 9.17) is 0 Å². The van der Waals surface area contributed by atoms with Gasteiger partial charge in [-0.05, 0) is 28.5 Å². The van der Waals surface area contributed by atoms with Crippen LogP contribution in [0.2, 0.25) is 0 Å². The summed E-state index contributed by atoms with van der Waals surface area (Å²) in [6.45, 7) is 0. The van der Waals surface area contributed by atoms with Crippen LogP contribution < -0.4 is 4.90 Å². The molecule has 0 saturated carbocycles. The molecule has 0 aromatic heterocycles. The third kappa shape index (κ3) is 2.30. The monoisotopic (exact) mass is 303 g/mol. The first-order chi connectivity index (χ1) is 10.8. The summed E-state index contributed by atoms with van der Waals surface area (Å²) in [5, 5.41) is 2.96. The Balaban J connectivity index is 1.65. The number of thioether (sulfide) groups is 1. The van der Waals surface area contributed by atoms with Crippen molar-refractivity contribution >= 4 is 34.3 Å². The second kappa shape index (κ2) is 5.54. The average molecular weight is 303 g/mol. The predicted molar refractivity (Wildman–Crippen MR) is 97.5 cm³/mol. The molecular weight excluding hydrogens is 286 g/mol. The molecule has 3 aromatic carbocycles. The van der Waals surface area contributed by atoms with Gasteiger partial charge in [0.2, 0.25) is 0 Å². The molecule has 22 heavy (non-hydrogen) atoms. The molecule has 1 nitrogen and oxygen atoms in total. The van der Waals surface area contributed by atoms with Gasteiger partial charge in [-0.25, -0.2) is 0 Å². The Labute approximate surface area is 135 Å². The summed E-state index contributed by atoms with van der Waals surface area (Å²) in [7, 11) is 2.16. The van der Waals surface area contributed by atoms with Crippen LogP contribution in [-0.2, 0) is 0 Å². The lowest BCUT2D eigenvalue weighted by Gasteiger charge is -2.18. The fourth-order valence-electron chi connectivity index (χ4n) is 2.94. The molecule has 0 radical (unpaired) electrons. The molecule has 1 aliphatic heterocycles. The Bertz CT molecular complexity index is 848. The fraction of sp³-hybridized carbons (Fsp3) is 0.100. The van der Waals surface area contributed by atoms with Crippen LogP contribution in [0.15, 0.2) is 77.7 Å². The topological polar surface area (TPSA) is 3.24 Å².